The maximum absolute atomic E-state index is 17.0. The summed E-state index contributed by atoms with van der Waals surface area (Å²) in [6, 6.07) is 64.7. The minimum absolute atomic E-state index is 0.510. The summed E-state index contributed by atoms with van der Waals surface area (Å²) in [5, 5.41) is 6.65. The third-order valence-electron chi connectivity index (χ3n) is 10.7. The zero-order valence-corrected chi connectivity index (χ0v) is 29.4. The van der Waals surface area contributed by atoms with E-state index < -0.39 is 7.44 Å². The second-order valence-corrected chi connectivity index (χ2v) is 15.9. The van der Waals surface area contributed by atoms with Gasteiger partial charge in [-0.1, -0.05) is 127 Å². The highest BCUT2D eigenvalue weighted by Crippen LogP contribution is 2.56. The number of pyridine rings is 1. The largest absolute Gasteiger partial charge is 0.319 e. The summed E-state index contributed by atoms with van der Waals surface area (Å²) in [5.41, 5.74) is 9.16. The molecular weight excluding hydrogens is 668 g/mol. The van der Waals surface area contributed by atoms with Crippen molar-refractivity contribution in [3.05, 3.63) is 188 Å². The topological polar surface area (TPSA) is 44.8 Å². The van der Waals surface area contributed by atoms with E-state index in [-0.39, 0.29) is 0 Å². The van der Waals surface area contributed by atoms with Crippen molar-refractivity contribution in [2.45, 2.75) is 0 Å². The van der Waals surface area contributed by atoms with Gasteiger partial charge in [-0.05, 0) is 60.7 Å². The molecule has 0 unspecified atom stereocenters. The zero-order chi connectivity index (χ0) is 35.1. The molecule has 0 atom stereocenters. The molecule has 11 rings (SSSR count). The first-order chi connectivity index (χ1) is 26.2. The van der Waals surface area contributed by atoms with Crippen molar-refractivity contribution in [2.75, 3.05) is 0 Å². The predicted molar refractivity (Wildman–Crippen MR) is 221 cm³/mol. The van der Waals surface area contributed by atoms with E-state index >= 15 is 4.57 Å². The second-order valence-electron chi connectivity index (χ2n) is 13.5. The normalized spacial score (nSPS) is 12.2. The molecule has 0 aliphatic rings. The molecule has 5 nitrogen and oxygen atoms in total. The van der Waals surface area contributed by atoms with Crippen LogP contribution in [0.4, 0.5) is 0 Å². The van der Waals surface area contributed by atoms with Gasteiger partial charge in [0.1, 0.15) is 5.44 Å². The Bertz CT molecular complexity index is 3020. The lowest BCUT2D eigenvalue weighted by atomic mass is 10.1. The van der Waals surface area contributed by atoms with Crippen LogP contribution in [-0.2, 0) is 4.57 Å². The van der Waals surface area contributed by atoms with Crippen LogP contribution in [0.2, 0.25) is 0 Å². The van der Waals surface area contributed by atoms with Gasteiger partial charge in [0, 0.05) is 43.6 Å². The van der Waals surface area contributed by atoms with E-state index in [1.165, 1.54) is 10.8 Å². The summed E-state index contributed by atoms with van der Waals surface area (Å²) in [7, 11) is -3.82. The zero-order valence-electron chi connectivity index (χ0n) is 28.5. The van der Waals surface area contributed by atoms with Gasteiger partial charge in [-0.2, -0.15) is 0 Å². The van der Waals surface area contributed by atoms with E-state index in [9.17, 15) is 0 Å². The third kappa shape index (κ3) is 4.26. The van der Waals surface area contributed by atoms with Crippen LogP contribution in [0.1, 0.15) is 0 Å². The Morgan fingerprint density at radius 2 is 0.755 bits per heavy atom. The standard InChI is InChI=1S/C47H31N4OP/c52-53(50-43-26-9-3-19-36(43)37-20-4-10-27-44(37)50,51-45-28-11-5-21-38(45)39-22-6-12-29-46(39)51)47-30-14-23-40(48-47)32-15-13-16-33(31-32)49-41-24-7-1-17-34(41)35-18-2-8-25-42(35)49/h1-31H. The first-order valence-corrected chi connectivity index (χ1v) is 19.5. The molecule has 0 aliphatic heterocycles. The molecule has 0 aliphatic carbocycles. The Balaban J connectivity index is 1.20. The lowest BCUT2D eigenvalue weighted by Gasteiger charge is -2.25. The van der Waals surface area contributed by atoms with Crippen LogP contribution in [0.3, 0.4) is 0 Å². The molecule has 0 saturated heterocycles. The molecule has 6 heteroatoms. The maximum atomic E-state index is 17.0. The lowest BCUT2D eigenvalue weighted by molar-refractivity contribution is 0.572. The Hall–Kier alpha value is -6.68. The van der Waals surface area contributed by atoms with Crippen molar-refractivity contribution in [1.29, 1.82) is 0 Å². The quantitative estimate of drug-likeness (QED) is 0.168. The fourth-order valence-electron chi connectivity index (χ4n) is 8.43. The number of rotatable bonds is 5. The summed E-state index contributed by atoms with van der Waals surface area (Å²) in [6.07, 6.45) is 0. The van der Waals surface area contributed by atoms with Gasteiger partial charge in [0.25, 0.3) is 0 Å². The van der Waals surface area contributed by atoms with Gasteiger partial charge >= 0.3 is 7.44 Å². The van der Waals surface area contributed by atoms with Crippen LogP contribution in [0.15, 0.2) is 188 Å². The smallest absolute Gasteiger partial charge is 0.309 e. The van der Waals surface area contributed by atoms with Gasteiger partial charge in [-0.25, -0.2) is 4.98 Å². The van der Waals surface area contributed by atoms with Gasteiger partial charge in [-0.15, -0.1) is 0 Å². The number of para-hydroxylation sites is 6. The van der Waals surface area contributed by atoms with Crippen molar-refractivity contribution >= 4 is 78.3 Å². The van der Waals surface area contributed by atoms with E-state index in [1.54, 1.807) is 0 Å². The van der Waals surface area contributed by atoms with Gasteiger partial charge < -0.3 is 4.57 Å². The van der Waals surface area contributed by atoms with Crippen molar-refractivity contribution in [1.82, 2.24) is 18.2 Å². The predicted octanol–water partition coefficient (Wildman–Crippen LogP) is 12.0. The molecule has 0 radical (unpaired) electrons. The monoisotopic (exact) mass is 698 g/mol. The summed E-state index contributed by atoms with van der Waals surface area (Å²) >= 11 is 0. The number of hydrogen-bond acceptors (Lipinski definition) is 2. The molecule has 0 bridgehead atoms. The molecule has 11 aromatic rings. The van der Waals surface area contributed by atoms with Crippen LogP contribution in [-0.4, -0.2) is 18.2 Å². The van der Waals surface area contributed by atoms with Crippen molar-refractivity contribution in [3.8, 4) is 16.9 Å². The maximum Gasteiger partial charge on any atom is 0.319 e. The fourth-order valence-corrected chi connectivity index (χ4v) is 11.4. The van der Waals surface area contributed by atoms with Gasteiger partial charge in [0.2, 0.25) is 0 Å². The van der Waals surface area contributed by atoms with Crippen LogP contribution in [0.5, 0.6) is 0 Å². The SMILES string of the molecule is O=P(c1cccc(-c2cccc(-n3c4ccccc4c4ccccc43)c2)n1)(n1c2ccccc2c2ccccc21)n1c2ccccc2c2ccccc21. The molecule has 0 N–H and O–H groups in total. The van der Waals surface area contributed by atoms with Gasteiger partial charge in [-0.3, -0.25) is 13.2 Å². The van der Waals surface area contributed by atoms with Gasteiger partial charge in [0.15, 0.2) is 0 Å². The number of nitrogens with zero attached hydrogens (tertiary/aromatic N) is 4. The van der Waals surface area contributed by atoms with Gasteiger partial charge in [0.05, 0.1) is 38.8 Å². The van der Waals surface area contributed by atoms with Crippen LogP contribution < -0.4 is 5.44 Å². The van der Waals surface area contributed by atoms with E-state index in [0.29, 0.717) is 5.44 Å². The highest BCUT2D eigenvalue weighted by Gasteiger charge is 2.37. The number of fused-ring (bicyclic) bond motifs is 9. The number of benzene rings is 7. The molecule has 4 aromatic heterocycles. The van der Waals surface area contributed by atoms with Crippen molar-refractivity contribution < 1.29 is 4.57 Å². The van der Waals surface area contributed by atoms with Crippen LogP contribution in [0, 0.1) is 0 Å². The fraction of sp³-hybridized carbons (Fsp3) is 0. The number of hydrogen-bond donors (Lipinski definition) is 0. The first kappa shape index (κ1) is 30.0. The van der Waals surface area contributed by atoms with E-state index in [1.807, 2.05) is 66.7 Å². The second kappa shape index (κ2) is 11.4. The van der Waals surface area contributed by atoms with E-state index in [0.717, 1.165) is 71.6 Å². The molecule has 0 fully saturated rings. The Morgan fingerprint density at radius 3 is 1.21 bits per heavy atom. The molecular formula is C47H31N4OP. The minimum atomic E-state index is -3.82. The summed E-state index contributed by atoms with van der Waals surface area (Å²) in [6.45, 7) is 0. The molecule has 0 amide bonds. The van der Waals surface area contributed by atoms with E-state index in [4.69, 9.17) is 4.98 Å². The highest BCUT2D eigenvalue weighted by molar-refractivity contribution is 7.69. The lowest BCUT2D eigenvalue weighted by Crippen LogP contribution is -2.21. The first-order valence-electron chi connectivity index (χ1n) is 17.8. The summed E-state index contributed by atoms with van der Waals surface area (Å²) < 4.78 is 23.4. The number of aromatic nitrogens is 4. The average molecular weight is 699 g/mol. The molecule has 7 aromatic carbocycles. The molecule has 0 spiro atoms. The summed E-state index contributed by atoms with van der Waals surface area (Å²) in [4.78, 5) is 5.39. The average Bonchev–Trinajstić information content (AvgIpc) is 3.87. The molecule has 250 valence electrons. The summed E-state index contributed by atoms with van der Waals surface area (Å²) in [5.74, 6) is 0. The van der Waals surface area contributed by atoms with E-state index in [2.05, 4.69) is 135 Å². The Kier molecular flexibility index (Phi) is 6.46. The molecule has 53 heavy (non-hydrogen) atoms. The Labute approximate surface area is 305 Å². The Morgan fingerprint density at radius 1 is 0.377 bits per heavy atom. The third-order valence-corrected chi connectivity index (χ3v) is 13.5. The van der Waals surface area contributed by atoms with Crippen LogP contribution >= 0.6 is 7.44 Å². The molecule has 0 saturated carbocycles. The highest BCUT2D eigenvalue weighted by atomic mass is 31.2. The van der Waals surface area contributed by atoms with Crippen molar-refractivity contribution in [3.63, 3.8) is 0 Å². The van der Waals surface area contributed by atoms with Crippen LogP contribution in [0.25, 0.3) is 82.4 Å². The molecule has 4 heterocycles. The van der Waals surface area contributed by atoms with Crippen molar-refractivity contribution in [2.24, 2.45) is 0 Å². The minimum Gasteiger partial charge on any atom is -0.309 e.